The zero-order valence-corrected chi connectivity index (χ0v) is 16.4. The number of carbonyl (C=O) groups is 3. The topological polar surface area (TPSA) is 107 Å². The maximum atomic E-state index is 11.9. The summed E-state index contributed by atoms with van der Waals surface area (Å²) < 4.78 is 10.2. The van der Waals surface area contributed by atoms with E-state index in [1.54, 1.807) is 0 Å². The van der Waals surface area contributed by atoms with Gasteiger partial charge in [-0.25, -0.2) is 4.98 Å². The lowest BCUT2D eigenvalue weighted by Gasteiger charge is -2.26. The lowest BCUT2D eigenvalue weighted by molar-refractivity contribution is -0.141. The molecule has 8 nitrogen and oxygen atoms in total. The number of aromatic nitrogens is 1. The number of benzene rings is 1. The van der Waals surface area contributed by atoms with Crippen LogP contribution in [0.25, 0.3) is 11.3 Å². The third kappa shape index (κ3) is 4.86. The van der Waals surface area contributed by atoms with Gasteiger partial charge in [-0.2, -0.15) is 0 Å². The van der Waals surface area contributed by atoms with Crippen molar-refractivity contribution in [2.45, 2.75) is 32.2 Å². The molecule has 1 aromatic carbocycles. The van der Waals surface area contributed by atoms with Crippen molar-refractivity contribution in [1.82, 2.24) is 10.3 Å². The summed E-state index contributed by atoms with van der Waals surface area (Å²) in [5.74, 6) is -0.0648. The Kier molecular flexibility index (Phi) is 6.25. The molecule has 1 unspecified atom stereocenters. The first-order chi connectivity index (χ1) is 13.5. The number of hydrogen-bond acceptors (Lipinski definition) is 7. The molecule has 1 atom stereocenters. The van der Waals surface area contributed by atoms with Crippen molar-refractivity contribution in [3.63, 3.8) is 0 Å². The normalized spacial score (nSPS) is 15.1. The van der Waals surface area contributed by atoms with Gasteiger partial charge in [0.15, 0.2) is 5.13 Å². The molecule has 2 aromatic rings. The highest BCUT2D eigenvalue weighted by molar-refractivity contribution is 7.14. The zero-order chi connectivity index (χ0) is 20.1. The molecule has 0 fully saturated rings. The predicted octanol–water partition coefficient (Wildman–Crippen LogP) is 2.66. The van der Waals surface area contributed by atoms with Crippen LogP contribution in [-0.2, 0) is 19.1 Å². The largest absolute Gasteiger partial charge is 0.493 e. The number of methoxy groups -OCH3 is 1. The van der Waals surface area contributed by atoms with E-state index >= 15 is 0 Å². The number of nitrogens with one attached hydrogen (secondary N) is 2. The number of hydrogen-bond donors (Lipinski definition) is 2. The molecule has 148 valence electrons. The van der Waals surface area contributed by atoms with E-state index in [9.17, 15) is 14.4 Å². The minimum absolute atomic E-state index is 0.0237. The highest BCUT2D eigenvalue weighted by atomic mass is 32.1. The third-order valence-electron chi connectivity index (χ3n) is 4.26. The van der Waals surface area contributed by atoms with Gasteiger partial charge in [-0.15, -0.1) is 11.3 Å². The van der Waals surface area contributed by atoms with Crippen LogP contribution in [0.15, 0.2) is 23.6 Å². The molecule has 1 aromatic heterocycles. The molecule has 0 saturated heterocycles. The zero-order valence-electron chi connectivity index (χ0n) is 15.6. The Labute approximate surface area is 166 Å². The van der Waals surface area contributed by atoms with Crippen LogP contribution in [0.1, 0.15) is 37.8 Å². The van der Waals surface area contributed by atoms with Gasteiger partial charge in [-0.1, -0.05) is 0 Å². The van der Waals surface area contributed by atoms with Gasteiger partial charge in [0.05, 0.1) is 31.9 Å². The second-order valence-corrected chi connectivity index (χ2v) is 7.16. The Morgan fingerprint density at radius 3 is 2.89 bits per heavy atom. The number of ether oxygens (including phenoxy) is 2. The van der Waals surface area contributed by atoms with E-state index in [1.165, 1.54) is 25.4 Å². The van der Waals surface area contributed by atoms with Crippen LogP contribution in [0.4, 0.5) is 5.13 Å². The first-order valence-corrected chi connectivity index (χ1v) is 9.70. The van der Waals surface area contributed by atoms with Gasteiger partial charge in [-0.05, 0) is 18.2 Å². The maximum absolute atomic E-state index is 11.9. The molecule has 0 radical (unpaired) electrons. The number of fused-ring (bicyclic) bond motifs is 1. The number of esters is 1. The lowest BCUT2D eigenvalue weighted by Crippen LogP contribution is -2.30. The molecule has 2 N–H and O–H groups in total. The summed E-state index contributed by atoms with van der Waals surface area (Å²) >= 11 is 1.30. The average molecular weight is 403 g/mol. The monoisotopic (exact) mass is 403 g/mol. The summed E-state index contributed by atoms with van der Waals surface area (Å²) in [7, 11) is 1.29. The van der Waals surface area contributed by atoms with E-state index in [1.807, 2.05) is 23.6 Å². The third-order valence-corrected chi connectivity index (χ3v) is 5.01. The first-order valence-electron chi connectivity index (χ1n) is 8.82. The summed E-state index contributed by atoms with van der Waals surface area (Å²) in [5.41, 5.74) is 2.49. The number of thiazole rings is 1. The van der Waals surface area contributed by atoms with Gasteiger partial charge in [0.25, 0.3) is 0 Å². The van der Waals surface area contributed by atoms with Crippen molar-refractivity contribution in [3.8, 4) is 17.0 Å². The summed E-state index contributed by atoms with van der Waals surface area (Å²) in [6, 6.07) is 5.62. The molecule has 2 amide bonds. The smallest absolute Gasteiger partial charge is 0.306 e. The molecule has 3 rings (SSSR count). The van der Waals surface area contributed by atoms with Crippen LogP contribution in [0.2, 0.25) is 0 Å². The fourth-order valence-electron chi connectivity index (χ4n) is 2.91. The maximum Gasteiger partial charge on any atom is 0.306 e. The minimum Gasteiger partial charge on any atom is -0.493 e. The number of carbonyl (C=O) groups excluding carboxylic acids is 3. The van der Waals surface area contributed by atoms with Crippen LogP contribution in [-0.4, -0.2) is 36.5 Å². The number of amides is 2. The molecule has 9 heteroatoms. The van der Waals surface area contributed by atoms with Gasteiger partial charge < -0.3 is 20.1 Å². The molecule has 0 spiro atoms. The number of anilines is 1. The van der Waals surface area contributed by atoms with Crippen LogP contribution in [0.5, 0.6) is 5.75 Å². The van der Waals surface area contributed by atoms with E-state index in [-0.39, 0.29) is 30.7 Å². The summed E-state index contributed by atoms with van der Waals surface area (Å²) in [5, 5.41) is 7.93. The lowest BCUT2D eigenvalue weighted by atomic mass is 9.97. The van der Waals surface area contributed by atoms with Crippen LogP contribution >= 0.6 is 11.3 Å². The average Bonchev–Trinajstić information content (AvgIpc) is 3.14. The Morgan fingerprint density at radius 1 is 1.32 bits per heavy atom. The van der Waals surface area contributed by atoms with Crippen molar-refractivity contribution in [2.75, 3.05) is 19.0 Å². The Hall–Kier alpha value is -2.94. The van der Waals surface area contributed by atoms with Gasteiger partial charge in [0.1, 0.15) is 5.75 Å². The number of rotatable bonds is 6. The van der Waals surface area contributed by atoms with E-state index in [0.29, 0.717) is 23.9 Å². The van der Waals surface area contributed by atoms with E-state index in [0.717, 1.165) is 16.9 Å². The molecule has 0 aliphatic carbocycles. The number of nitrogens with zero attached hydrogens (tertiary/aromatic N) is 1. The fraction of sp³-hybridized carbons (Fsp3) is 0.368. The molecular weight excluding hydrogens is 382 g/mol. The SMILES string of the molecule is COC(=O)CCC(=O)Nc1nc(-c2ccc3c(c2)C(NC(C)=O)CCO3)cs1. The predicted molar refractivity (Wildman–Crippen MR) is 104 cm³/mol. The van der Waals surface area contributed by atoms with Crippen molar-refractivity contribution >= 4 is 34.3 Å². The Morgan fingerprint density at radius 2 is 2.14 bits per heavy atom. The summed E-state index contributed by atoms with van der Waals surface area (Å²) in [6.45, 7) is 2.05. The second-order valence-electron chi connectivity index (χ2n) is 6.31. The van der Waals surface area contributed by atoms with Crippen LogP contribution in [0, 0.1) is 0 Å². The molecule has 1 aliphatic rings. The molecule has 1 aliphatic heterocycles. The molecule has 28 heavy (non-hydrogen) atoms. The van der Waals surface area contributed by atoms with Crippen LogP contribution < -0.4 is 15.4 Å². The quantitative estimate of drug-likeness (QED) is 0.718. The van der Waals surface area contributed by atoms with Gasteiger partial charge in [0, 0.05) is 36.3 Å². The van der Waals surface area contributed by atoms with Crippen molar-refractivity contribution < 1.29 is 23.9 Å². The summed E-state index contributed by atoms with van der Waals surface area (Å²) in [4.78, 5) is 38.9. The van der Waals surface area contributed by atoms with Crippen molar-refractivity contribution in [3.05, 3.63) is 29.1 Å². The molecule has 0 saturated carbocycles. The highest BCUT2D eigenvalue weighted by Gasteiger charge is 2.23. The first kappa shape index (κ1) is 19.8. The standard InChI is InChI=1S/C19H21N3O5S/c1-11(23)20-14-7-8-27-16-4-3-12(9-13(14)16)15-10-28-19(21-15)22-17(24)5-6-18(25)26-2/h3-4,9-10,14H,5-8H2,1-2H3,(H,20,23)(H,21,22,24). The Balaban J connectivity index is 1.72. The Bertz CT molecular complexity index is 895. The molecule has 2 heterocycles. The van der Waals surface area contributed by atoms with E-state index in [4.69, 9.17) is 4.74 Å². The molecular formula is C19H21N3O5S. The second kappa shape index (κ2) is 8.83. The van der Waals surface area contributed by atoms with Gasteiger partial charge >= 0.3 is 5.97 Å². The fourth-order valence-corrected chi connectivity index (χ4v) is 3.65. The van der Waals surface area contributed by atoms with Crippen LogP contribution in [0.3, 0.4) is 0 Å². The highest BCUT2D eigenvalue weighted by Crippen LogP contribution is 2.36. The van der Waals surface area contributed by atoms with E-state index < -0.39 is 5.97 Å². The summed E-state index contributed by atoms with van der Waals surface area (Å²) in [6.07, 6.45) is 0.765. The van der Waals surface area contributed by atoms with Gasteiger partial charge in [0.2, 0.25) is 11.8 Å². The minimum atomic E-state index is -0.431. The van der Waals surface area contributed by atoms with Gasteiger partial charge in [-0.3, -0.25) is 14.4 Å². The molecule has 0 bridgehead atoms. The van der Waals surface area contributed by atoms with Crippen molar-refractivity contribution in [1.29, 1.82) is 0 Å². The van der Waals surface area contributed by atoms with Crippen molar-refractivity contribution in [2.24, 2.45) is 0 Å². The van der Waals surface area contributed by atoms with E-state index in [2.05, 4.69) is 20.4 Å².